The molecule has 1 N–H and O–H groups in total. The van der Waals surface area contributed by atoms with Gasteiger partial charge in [-0.15, -0.1) is 0 Å². The van der Waals surface area contributed by atoms with Gasteiger partial charge in [0.25, 0.3) is 5.56 Å². The van der Waals surface area contributed by atoms with Crippen molar-refractivity contribution < 1.29 is 9.53 Å². The molecule has 4 aromatic rings. The van der Waals surface area contributed by atoms with Crippen LogP contribution in [0.4, 0.5) is 5.69 Å². The highest BCUT2D eigenvalue weighted by Gasteiger charge is 2.29. The Morgan fingerprint density at radius 2 is 2.12 bits per heavy atom. The summed E-state index contributed by atoms with van der Waals surface area (Å²) < 4.78 is 8.48. The van der Waals surface area contributed by atoms with E-state index in [1.807, 2.05) is 24.3 Å². The Kier molecular flexibility index (Phi) is 5.36. The third-order valence-corrected chi connectivity index (χ3v) is 6.56. The molecule has 1 aliphatic heterocycles. The molecule has 3 heterocycles. The molecule has 5 rings (SSSR count). The second kappa shape index (κ2) is 8.33. The number of hydrogen-bond acceptors (Lipinski definition) is 6. The average Bonchev–Trinajstić information content (AvgIpc) is 3.39. The number of fused-ring (bicyclic) bond motifs is 2. The van der Waals surface area contributed by atoms with Crippen LogP contribution in [-0.4, -0.2) is 38.1 Å². The molecule has 0 aliphatic carbocycles. The molecule has 0 bridgehead atoms. The number of carbonyl (C=O) groups excluding carboxylic acids is 1. The molecule has 0 radical (unpaired) electrons. The van der Waals surface area contributed by atoms with E-state index in [0.29, 0.717) is 38.4 Å². The van der Waals surface area contributed by atoms with E-state index in [9.17, 15) is 9.59 Å². The van der Waals surface area contributed by atoms with E-state index in [1.54, 1.807) is 40.6 Å². The minimum absolute atomic E-state index is 0.146. The summed E-state index contributed by atoms with van der Waals surface area (Å²) in [6, 6.07) is 14.1. The number of ether oxygens (including phenoxy) is 1. The number of methoxy groups -OCH3 is 1. The van der Waals surface area contributed by atoms with Gasteiger partial charge in [-0.05, 0) is 30.3 Å². The highest BCUT2D eigenvalue weighted by atomic mass is 35.5. The zero-order valence-corrected chi connectivity index (χ0v) is 18.6. The van der Waals surface area contributed by atoms with Crippen LogP contribution in [0.25, 0.3) is 16.7 Å². The Balaban J connectivity index is 1.45. The molecule has 10 heteroatoms. The van der Waals surface area contributed by atoms with E-state index < -0.39 is 0 Å². The lowest BCUT2D eigenvalue weighted by molar-refractivity contribution is -0.116. The number of thioether (sulfide) groups is 1. The van der Waals surface area contributed by atoms with Gasteiger partial charge in [0, 0.05) is 17.2 Å². The first-order valence-electron chi connectivity index (χ1n) is 9.87. The van der Waals surface area contributed by atoms with Gasteiger partial charge in [-0.25, -0.2) is 9.67 Å². The van der Waals surface area contributed by atoms with Crippen LogP contribution in [0, 0.1) is 0 Å². The third kappa shape index (κ3) is 3.63. The molecule has 32 heavy (non-hydrogen) atoms. The van der Waals surface area contributed by atoms with Crippen LogP contribution in [-0.2, 0) is 4.79 Å². The Morgan fingerprint density at radius 3 is 2.94 bits per heavy atom. The lowest BCUT2D eigenvalue weighted by Crippen LogP contribution is -2.27. The standard InChI is InChI=1S/C22H18ClN5O3S/c1-31-18-8-3-2-7-17(18)25-19(29)10-15-12-32-22-26-20-16(21(30)27(15)22)11-24-28(20)14-6-4-5-13(23)9-14/h2-9,11,15H,10,12H2,1H3,(H,25,29). The molecule has 2 aromatic heterocycles. The fraction of sp³-hybridized carbons (Fsp3) is 0.182. The van der Waals surface area contributed by atoms with E-state index in [-0.39, 0.29) is 23.9 Å². The van der Waals surface area contributed by atoms with E-state index >= 15 is 0 Å². The van der Waals surface area contributed by atoms with E-state index in [0.717, 1.165) is 5.69 Å². The fourth-order valence-corrected chi connectivity index (χ4v) is 5.06. The first-order valence-corrected chi connectivity index (χ1v) is 11.2. The molecular weight excluding hydrogens is 450 g/mol. The number of aromatic nitrogens is 4. The quantitative estimate of drug-likeness (QED) is 0.447. The third-order valence-electron chi connectivity index (χ3n) is 5.23. The molecule has 8 nitrogen and oxygen atoms in total. The van der Waals surface area contributed by atoms with E-state index in [4.69, 9.17) is 16.3 Å². The van der Waals surface area contributed by atoms with E-state index in [2.05, 4.69) is 15.4 Å². The van der Waals surface area contributed by atoms with Crippen molar-refractivity contribution >= 4 is 46.0 Å². The summed E-state index contributed by atoms with van der Waals surface area (Å²) in [5.74, 6) is 0.962. The number of hydrogen-bond donors (Lipinski definition) is 1. The molecule has 0 fully saturated rings. The maximum atomic E-state index is 13.3. The van der Waals surface area contributed by atoms with Gasteiger partial charge in [-0.1, -0.05) is 41.6 Å². The van der Waals surface area contributed by atoms with Gasteiger partial charge >= 0.3 is 0 Å². The lowest BCUT2D eigenvalue weighted by atomic mass is 10.2. The second-order valence-corrected chi connectivity index (χ2v) is 8.68. The molecule has 2 aromatic carbocycles. The largest absolute Gasteiger partial charge is 0.495 e. The molecule has 0 saturated carbocycles. The van der Waals surface area contributed by atoms with Crippen molar-refractivity contribution in [3.05, 3.63) is 70.1 Å². The van der Waals surface area contributed by atoms with Crippen molar-refractivity contribution in [3.8, 4) is 11.4 Å². The van der Waals surface area contributed by atoms with Crippen molar-refractivity contribution in [2.24, 2.45) is 0 Å². The number of para-hydroxylation sites is 2. The van der Waals surface area contributed by atoms with Gasteiger partial charge < -0.3 is 10.1 Å². The summed E-state index contributed by atoms with van der Waals surface area (Å²) in [5.41, 5.74) is 1.57. The summed E-state index contributed by atoms with van der Waals surface area (Å²) in [7, 11) is 1.55. The number of nitrogens with zero attached hydrogens (tertiary/aromatic N) is 4. The van der Waals surface area contributed by atoms with Crippen LogP contribution >= 0.6 is 23.4 Å². The first-order chi connectivity index (χ1) is 15.5. The van der Waals surface area contributed by atoms with Gasteiger partial charge in [0.15, 0.2) is 10.8 Å². The molecule has 1 aliphatic rings. The summed E-state index contributed by atoms with van der Waals surface area (Å²) >= 11 is 7.56. The number of carbonyl (C=O) groups is 1. The SMILES string of the molecule is COc1ccccc1NC(=O)CC1CSc2nc3c(cnn3-c3cccc(Cl)c3)c(=O)n21. The predicted octanol–water partition coefficient (Wildman–Crippen LogP) is 3.92. The van der Waals surface area contributed by atoms with Crippen LogP contribution in [0.2, 0.25) is 5.02 Å². The number of rotatable bonds is 5. The minimum atomic E-state index is -0.302. The zero-order valence-electron chi connectivity index (χ0n) is 17.0. The normalized spacial score (nSPS) is 15.0. The Bertz CT molecular complexity index is 1400. The van der Waals surface area contributed by atoms with Crippen molar-refractivity contribution in [1.29, 1.82) is 0 Å². The van der Waals surface area contributed by atoms with Crippen LogP contribution < -0.4 is 15.6 Å². The first kappa shape index (κ1) is 20.6. The molecule has 0 saturated heterocycles. The Labute approximate surface area is 192 Å². The van der Waals surface area contributed by atoms with Gasteiger partial charge in [0.05, 0.1) is 30.7 Å². The molecule has 1 atom stereocenters. The molecular formula is C22H18ClN5O3S. The van der Waals surface area contributed by atoms with Gasteiger partial charge in [0.1, 0.15) is 11.1 Å². The van der Waals surface area contributed by atoms with Crippen LogP contribution in [0.5, 0.6) is 5.75 Å². The number of amides is 1. The average molecular weight is 468 g/mol. The summed E-state index contributed by atoms with van der Waals surface area (Å²) in [6.45, 7) is 0. The number of anilines is 1. The van der Waals surface area contributed by atoms with Crippen molar-refractivity contribution in [3.63, 3.8) is 0 Å². The number of nitrogens with one attached hydrogen (secondary N) is 1. The molecule has 0 spiro atoms. The van der Waals surface area contributed by atoms with Gasteiger partial charge in [-0.3, -0.25) is 14.2 Å². The minimum Gasteiger partial charge on any atom is -0.495 e. The number of benzene rings is 2. The summed E-state index contributed by atoms with van der Waals surface area (Å²) in [6.07, 6.45) is 1.65. The van der Waals surface area contributed by atoms with Crippen molar-refractivity contribution in [2.75, 3.05) is 18.2 Å². The Hall–Kier alpha value is -3.30. The lowest BCUT2D eigenvalue weighted by Gasteiger charge is -2.14. The molecule has 1 unspecified atom stereocenters. The Morgan fingerprint density at radius 1 is 1.28 bits per heavy atom. The highest BCUT2D eigenvalue weighted by molar-refractivity contribution is 7.99. The van der Waals surface area contributed by atoms with Crippen LogP contribution in [0.15, 0.2) is 64.7 Å². The van der Waals surface area contributed by atoms with Crippen LogP contribution in [0.3, 0.4) is 0 Å². The highest BCUT2D eigenvalue weighted by Crippen LogP contribution is 2.34. The second-order valence-electron chi connectivity index (χ2n) is 7.26. The molecule has 1 amide bonds. The monoisotopic (exact) mass is 467 g/mol. The predicted molar refractivity (Wildman–Crippen MR) is 124 cm³/mol. The fourth-order valence-electron chi connectivity index (χ4n) is 3.74. The smallest absolute Gasteiger partial charge is 0.265 e. The van der Waals surface area contributed by atoms with Crippen LogP contribution in [0.1, 0.15) is 12.5 Å². The number of halogens is 1. The van der Waals surface area contributed by atoms with Crippen molar-refractivity contribution in [1.82, 2.24) is 19.3 Å². The topological polar surface area (TPSA) is 91.0 Å². The summed E-state index contributed by atoms with van der Waals surface area (Å²) in [4.78, 5) is 30.6. The summed E-state index contributed by atoms with van der Waals surface area (Å²) in [5, 5.41) is 8.75. The van der Waals surface area contributed by atoms with Gasteiger partial charge in [-0.2, -0.15) is 5.10 Å². The maximum absolute atomic E-state index is 13.3. The maximum Gasteiger partial charge on any atom is 0.265 e. The zero-order chi connectivity index (χ0) is 22.2. The van der Waals surface area contributed by atoms with Crippen molar-refractivity contribution in [2.45, 2.75) is 17.6 Å². The van der Waals surface area contributed by atoms with Gasteiger partial charge in [0.2, 0.25) is 5.91 Å². The van der Waals surface area contributed by atoms with E-state index in [1.165, 1.54) is 18.0 Å². The molecule has 162 valence electrons.